The number of amides is 1. The number of para-hydroxylation sites is 2. The molecule has 0 radical (unpaired) electrons. The van der Waals surface area contributed by atoms with Gasteiger partial charge in [-0.25, -0.2) is 4.98 Å². The van der Waals surface area contributed by atoms with E-state index in [9.17, 15) is 13.2 Å². The van der Waals surface area contributed by atoms with E-state index in [0.29, 0.717) is 45.7 Å². The molecule has 3 heterocycles. The van der Waals surface area contributed by atoms with Gasteiger partial charge in [0.1, 0.15) is 6.04 Å². The molecule has 1 unspecified atom stereocenters. The fourth-order valence-electron chi connectivity index (χ4n) is 4.10. The lowest BCUT2D eigenvalue weighted by Gasteiger charge is -2.27. The molecule has 0 bridgehead atoms. The van der Waals surface area contributed by atoms with Crippen LogP contribution in [-0.2, 0) is 15.0 Å². The Balaban J connectivity index is 1.46. The maximum atomic E-state index is 13.1. The Morgan fingerprint density at radius 3 is 2.43 bits per heavy atom. The Bertz CT molecular complexity index is 951. The fourth-order valence-corrected chi connectivity index (χ4v) is 5.82. The van der Waals surface area contributed by atoms with E-state index >= 15 is 0 Å². The quantitative estimate of drug-likeness (QED) is 0.772. The maximum absolute atomic E-state index is 13.1. The Kier molecular flexibility index (Phi) is 5.39. The molecule has 2 saturated heterocycles. The van der Waals surface area contributed by atoms with Gasteiger partial charge in [0.15, 0.2) is 0 Å². The average molecular weight is 406 g/mol. The Hall–Kier alpha value is -1.97. The molecule has 9 heteroatoms. The predicted octanol–water partition coefficient (Wildman–Crippen LogP) is 1.47. The summed E-state index contributed by atoms with van der Waals surface area (Å²) >= 11 is 0. The van der Waals surface area contributed by atoms with Crippen LogP contribution in [-0.4, -0.2) is 76.7 Å². The smallest absolute Gasteiger partial charge is 0.282 e. The van der Waals surface area contributed by atoms with Crippen molar-refractivity contribution in [2.24, 2.45) is 0 Å². The number of hydrogen-bond donors (Lipinski definition) is 0. The summed E-state index contributed by atoms with van der Waals surface area (Å²) in [5, 5.41) is 0. The van der Waals surface area contributed by atoms with E-state index in [1.54, 1.807) is 19.8 Å². The van der Waals surface area contributed by atoms with Crippen molar-refractivity contribution in [2.45, 2.75) is 32.2 Å². The molecule has 0 aliphatic carbocycles. The average Bonchev–Trinajstić information content (AvgIpc) is 3.32. The minimum absolute atomic E-state index is 0.00331. The van der Waals surface area contributed by atoms with Crippen molar-refractivity contribution in [2.75, 3.05) is 39.3 Å². The van der Waals surface area contributed by atoms with Crippen molar-refractivity contribution in [1.82, 2.24) is 23.1 Å². The van der Waals surface area contributed by atoms with Crippen molar-refractivity contribution in [3.8, 4) is 0 Å². The molecule has 1 aromatic carbocycles. The zero-order valence-corrected chi connectivity index (χ0v) is 17.0. The first-order valence-electron chi connectivity index (χ1n) is 9.94. The molecule has 1 aromatic heterocycles. The van der Waals surface area contributed by atoms with Gasteiger partial charge in [0.2, 0.25) is 5.91 Å². The van der Waals surface area contributed by atoms with E-state index in [4.69, 9.17) is 0 Å². The lowest BCUT2D eigenvalue weighted by molar-refractivity contribution is -0.134. The van der Waals surface area contributed by atoms with E-state index < -0.39 is 10.2 Å². The van der Waals surface area contributed by atoms with Gasteiger partial charge in [-0.05, 0) is 38.3 Å². The fraction of sp³-hybridized carbons (Fsp3) is 0.579. The zero-order valence-electron chi connectivity index (χ0n) is 16.2. The van der Waals surface area contributed by atoms with Crippen molar-refractivity contribution in [3.63, 3.8) is 0 Å². The summed E-state index contributed by atoms with van der Waals surface area (Å²) in [5.74, 6) is 0.00331. The Labute approximate surface area is 165 Å². The Morgan fingerprint density at radius 1 is 0.964 bits per heavy atom. The number of imidazole rings is 1. The van der Waals surface area contributed by atoms with E-state index in [1.807, 2.05) is 35.8 Å². The first-order chi connectivity index (χ1) is 13.5. The summed E-state index contributed by atoms with van der Waals surface area (Å²) in [4.78, 5) is 19.3. The number of carbonyl (C=O) groups is 1. The molecule has 1 atom stereocenters. The van der Waals surface area contributed by atoms with Gasteiger partial charge in [-0.1, -0.05) is 12.1 Å². The molecule has 2 aliphatic rings. The second-order valence-corrected chi connectivity index (χ2v) is 9.44. The summed E-state index contributed by atoms with van der Waals surface area (Å²) in [6, 6.07) is 7.37. The minimum Gasteiger partial charge on any atom is -0.340 e. The molecule has 0 spiro atoms. The van der Waals surface area contributed by atoms with Crippen LogP contribution in [0.1, 0.15) is 32.2 Å². The van der Waals surface area contributed by atoms with Crippen molar-refractivity contribution in [1.29, 1.82) is 0 Å². The molecular formula is C19H27N5O3S. The van der Waals surface area contributed by atoms with Crippen LogP contribution in [0.5, 0.6) is 0 Å². The van der Waals surface area contributed by atoms with Crippen LogP contribution in [0.3, 0.4) is 0 Å². The summed E-state index contributed by atoms with van der Waals surface area (Å²) < 4.78 is 30.6. The maximum Gasteiger partial charge on any atom is 0.282 e. The SMILES string of the molecule is CC(C(=O)N1CCCN(S(=O)(=O)N2CCCC2)CC1)n1cnc2ccccc21. The summed E-state index contributed by atoms with van der Waals surface area (Å²) in [5.41, 5.74) is 1.79. The van der Waals surface area contributed by atoms with Crippen LogP contribution in [0.2, 0.25) is 0 Å². The lowest BCUT2D eigenvalue weighted by atomic mass is 10.2. The van der Waals surface area contributed by atoms with E-state index in [1.165, 1.54) is 0 Å². The van der Waals surface area contributed by atoms with Crippen molar-refractivity contribution < 1.29 is 13.2 Å². The van der Waals surface area contributed by atoms with E-state index in [0.717, 1.165) is 23.9 Å². The summed E-state index contributed by atoms with van der Waals surface area (Å²) in [6.07, 6.45) is 4.20. The number of benzene rings is 1. The van der Waals surface area contributed by atoms with Gasteiger partial charge in [0, 0.05) is 39.3 Å². The summed E-state index contributed by atoms with van der Waals surface area (Å²) in [6.45, 7) is 4.89. The monoisotopic (exact) mass is 405 g/mol. The van der Waals surface area contributed by atoms with E-state index in [-0.39, 0.29) is 11.9 Å². The minimum atomic E-state index is -3.41. The molecule has 0 saturated carbocycles. The van der Waals surface area contributed by atoms with Gasteiger partial charge in [0.25, 0.3) is 10.2 Å². The second-order valence-electron chi connectivity index (χ2n) is 7.51. The number of rotatable bonds is 4. The highest BCUT2D eigenvalue weighted by atomic mass is 32.2. The molecular weight excluding hydrogens is 378 g/mol. The van der Waals surface area contributed by atoms with Crippen LogP contribution < -0.4 is 0 Å². The molecule has 2 aliphatic heterocycles. The molecule has 2 aromatic rings. The number of aromatic nitrogens is 2. The van der Waals surface area contributed by atoms with Gasteiger partial charge >= 0.3 is 0 Å². The topological polar surface area (TPSA) is 78.8 Å². The normalized spacial score (nSPS) is 21.1. The standard InChI is InChI=1S/C19H27N5O3S/c1-16(24-15-20-17-7-2-3-8-18(17)24)19(25)21-9-6-12-23(14-13-21)28(26,27)22-10-4-5-11-22/h2-3,7-8,15-16H,4-6,9-14H2,1H3. The Morgan fingerprint density at radius 2 is 1.64 bits per heavy atom. The van der Waals surface area contributed by atoms with Crippen molar-refractivity contribution in [3.05, 3.63) is 30.6 Å². The number of fused-ring (bicyclic) bond motifs is 1. The zero-order chi connectivity index (χ0) is 19.7. The van der Waals surface area contributed by atoms with Gasteiger partial charge in [-0.3, -0.25) is 4.79 Å². The number of hydrogen-bond acceptors (Lipinski definition) is 4. The van der Waals surface area contributed by atoms with Crippen LogP contribution in [0.25, 0.3) is 11.0 Å². The molecule has 152 valence electrons. The van der Waals surface area contributed by atoms with Gasteiger partial charge < -0.3 is 9.47 Å². The number of carbonyl (C=O) groups excluding carboxylic acids is 1. The van der Waals surface area contributed by atoms with Gasteiger partial charge in [-0.15, -0.1) is 0 Å². The largest absolute Gasteiger partial charge is 0.340 e. The molecule has 4 rings (SSSR count). The van der Waals surface area contributed by atoms with Crippen LogP contribution >= 0.6 is 0 Å². The molecule has 1 amide bonds. The van der Waals surface area contributed by atoms with Crippen molar-refractivity contribution >= 4 is 27.1 Å². The highest BCUT2D eigenvalue weighted by Crippen LogP contribution is 2.21. The first kappa shape index (κ1) is 19.4. The highest BCUT2D eigenvalue weighted by Gasteiger charge is 2.34. The second kappa shape index (κ2) is 7.81. The first-order valence-corrected chi connectivity index (χ1v) is 11.3. The van der Waals surface area contributed by atoms with Gasteiger partial charge in [0.05, 0.1) is 17.4 Å². The van der Waals surface area contributed by atoms with Crippen LogP contribution in [0.4, 0.5) is 0 Å². The van der Waals surface area contributed by atoms with Crippen LogP contribution in [0.15, 0.2) is 30.6 Å². The third kappa shape index (κ3) is 3.54. The van der Waals surface area contributed by atoms with Crippen LogP contribution in [0, 0.1) is 0 Å². The molecule has 8 nitrogen and oxygen atoms in total. The lowest BCUT2D eigenvalue weighted by Crippen LogP contribution is -2.44. The van der Waals surface area contributed by atoms with Gasteiger partial charge in [-0.2, -0.15) is 17.0 Å². The highest BCUT2D eigenvalue weighted by molar-refractivity contribution is 7.86. The van der Waals surface area contributed by atoms with E-state index in [2.05, 4.69) is 4.98 Å². The molecule has 2 fully saturated rings. The molecule has 0 N–H and O–H groups in total. The third-order valence-electron chi connectivity index (χ3n) is 5.74. The predicted molar refractivity (Wildman–Crippen MR) is 107 cm³/mol. The molecule has 28 heavy (non-hydrogen) atoms. The third-order valence-corrected chi connectivity index (χ3v) is 7.78. The summed E-state index contributed by atoms with van der Waals surface area (Å²) in [7, 11) is -3.41. The number of nitrogens with zero attached hydrogens (tertiary/aromatic N) is 5.